The Bertz CT molecular complexity index is 1060. The number of carbonyl (C=O) groups is 1. The fraction of sp³-hybridized carbons (Fsp3) is 0.167. The number of hydrogen-bond acceptors (Lipinski definition) is 6. The zero-order valence-corrected chi connectivity index (χ0v) is 18.3. The van der Waals surface area contributed by atoms with E-state index in [9.17, 15) is 14.9 Å². The monoisotopic (exact) mass is 495 g/mol. The topological polar surface area (TPSA) is 103 Å². The van der Waals surface area contributed by atoms with E-state index in [1.165, 1.54) is 30.0 Å². The molecule has 3 rings (SSSR count). The van der Waals surface area contributed by atoms with Crippen LogP contribution in [-0.2, 0) is 11.3 Å². The molecule has 0 aliphatic carbocycles. The molecular formula is C18H15BrClN5O3S. The van der Waals surface area contributed by atoms with Gasteiger partial charge in [0.1, 0.15) is 5.02 Å². The average Bonchev–Trinajstić information content (AvgIpc) is 3.11. The van der Waals surface area contributed by atoms with E-state index in [2.05, 4.69) is 31.4 Å². The maximum absolute atomic E-state index is 12.3. The number of anilines is 1. The van der Waals surface area contributed by atoms with E-state index in [-0.39, 0.29) is 22.4 Å². The normalized spacial score (nSPS) is 10.7. The maximum Gasteiger partial charge on any atom is 0.289 e. The fourth-order valence-electron chi connectivity index (χ4n) is 2.55. The third-order valence-corrected chi connectivity index (χ3v) is 5.71. The summed E-state index contributed by atoms with van der Waals surface area (Å²) in [6.45, 7) is 2.62. The summed E-state index contributed by atoms with van der Waals surface area (Å²) < 4.78 is 2.89. The number of benzene rings is 2. The van der Waals surface area contributed by atoms with Crippen molar-refractivity contribution in [3.8, 4) is 11.4 Å². The quantitative estimate of drug-likeness (QED) is 0.280. The van der Waals surface area contributed by atoms with Gasteiger partial charge in [-0.1, -0.05) is 51.4 Å². The van der Waals surface area contributed by atoms with Gasteiger partial charge in [0.2, 0.25) is 5.91 Å². The maximum atomic E-state index is 12.3. The number of aromatic nitrogens is 3. The Morgan fingerprint density at radius 3 is 2.66 bits per heavy atom. The second-order valence-corrected chi connectivity index (χ2v) is 8.08. The zero-order valence-electron chi connectivity index (χ0n) is 15.1. The van der Waals surface area contributed by atoms with Crippen molar-refractivity contribution < 1.29 is 9.72 Å². The molecule has 2 aromatic carbocycles. The molecule has 1 heterocycles. The van der Waals surface area contributed by atoms with Gasteiger partial charge in [0, 0.05) is 28.3 Å². The molecule has 0 saturated heterocycles. The summed E-state index contributed by atoms with van der Waals surface area (Å²) in [5.41, 5.74) is 0.966. The molecule has 0 atom stereocenters. The Labute approximate surface area is 183 Å². The molecule has 0 radical (unpaired) electrons. The lowest BCUT2D eigenvalue weighted by Gasteiger charge is -2.08. The first kappa shape index (κ1) is 21.3. The van der Waals surface area contributed by atoms with Gasteiger partial charge >= 0.3 is 0 Å². The van der Waals surface area contributed by atoms with Gasteiger partial charge in [-0.25, -0.2) is 0 Å². The molecule has 0 spiro atoms. The Morgan fingerprint density at radius 2 is 2.00 bits per heavy atom. The lowest BCUT2D eigenvalue weighted by atomic mass is 10.2. The molecule has 0 bridgehead atoms. The number of carbonyl (C=O) groups excluding carboxylic acids is 1. The number of thioether (sulfide) groups is 1. The van der Waals surface area contributed by atoms with Crippen LogP contribution in [0, 0.1) is 10.1 Å². The molecule has 0 aliphatic rings. The first-order chi connectivity index (χ1) is 13.9. The van der Waals surface area contributed by atoms with Gasteiger partial charge in [-0.3, -0.25) is 14.9 Å². The van der Waals surface area contributed by atoms with E-state index in [0.29, 0.717) is 17.4 Å². The van der Waals surface area contributed by atoms with E-state index in [1.54, 1.807) is 0 Å². The van der Waals surface area contributed by atoms with Gasteiger partial charge in [-0.05, 0) is 31.2 Å². The minimum absolute atomic E-state index is 0.0129. The zero-order chi connectivity index (χ0) is 21.0. The SMILES string of the molecule is CCn1c(SCC(=O)Nc2ccc(Cl)c([N+](=O)[O-])c2)nnc1-c1ccc(Br)cc1. The smallest absolute Gasteiger partial charge is 0.289 e. The average molecular weight is 497 g/mol. The van der Waals surface area contributed by atoms with Crippen LogP contribution in [0.2, 0.25) is 5.02 Å². The minimum Gasteiger partial charge on any atom is -0.325 e. The van der Waals surface area contributed by atoms with Crippen molar-refractivity contribution in [2.75, 3.05) is 11.1 Å². The summed E-state index contributed by atoms with van der Waals surface area (Å²) >= 11 is 10.4. The highest BCUT2D eigenvalue weighted by Gasteiger charge is 2.16. The van der Waals surface area contributed by atoms with Crippen molar-refractivity contribution in [1.29, 1.82) is 0 Å². The van der Waals surface area contributed by atoms with Crippen molar-refractivity contribution >= 4 is 56.6 Å². The first-order valence-electron chi connectivity index (χ1n) is 8.44. The predicted molar refractivity (Wildman–Crippen MR) is 116 cm³/mol. The van der Waals surface area contributed by atoms with Gasteiger partial charge in [0.15, 0.2) is 11.0 Å². The van der Waals surface area contributed by atoms with Gasteiger partial charge in [0.25, 0.3) is 5.69 Å². The van der Waals surface area contributed by atoms with Crippen LogP contribution in [0.3, 0.4) is 0 Å². The second-order valence-electron chi connectivity index (χ2n) is 5.82. The van der Waals surface area contributed by atoms with Crippen molar-refractivity contribution in [1.82, 2.24) is 14.8 Å². The van der Waals surface area contributed by atoms with Crippen molar-refractivity contribution in [3.05, 3.63) is 62.1 Å². The van der Waals surface area contributed by atoms with Gasteiger partial charge in [0.05, 0.1) is 10.7 Å². The minimum atomic E-state index is -0.597. The molecule has 11 heteroatoms. The standard InChI is InChI=1S/C18H15BrClN5O3S/c1-2-24-17(11-3-5-12(19)6-4-11)22-23-18(24)29-10-16(26)21-13-7-8-14(20)15(9-13)25(27)28/h3-9H,2,10H2,1H3,(H,21,26). The molecule has 0 fully saturated rings. The molecule has 29 heavy (non-hydrogen) atoms. The van der Waals surface area contributed by atoms with Crippen LogP contribution in [0.25, 0.3) is 11.4 Å². The summed E-state index contributed by atoms with van der Waals surface area (Å²) in [6, 6.07) is 11.8. The fourth-order valence-corrected chi connectivity index (χ4v) is 3.80. The summed E-state index contributed by atoms with van der Waals surface area (Å²) in [6.07, 6.45) is 0. The number of halogens is 2. The van der Waals surface area contributed by atoms with Crippen LogP contribution >= 0.6 is 39.3 Å². The van der Waals surface area contributed by atoms with Crippen molar-refractivity contribution in [3.63, 3.8) is 0 Å². The van der Waals surface area contributed by atoms with E-state index in [0.717, 1.165) is 15.9 Å². The highest BCUT2D eigenvalue weighted by Crippen LogP contribution is 2.28. The Morgan fingerprint density at radius 1 is 1.28 bits per heavy atom. The highest BCUT2D eigenvalue weighted by atomic mass is 79.9. The third-order valence-electron chi connectivity index (χ3n) is 3.89. The molecule has 8 nitrogen and oxygen atoms in total. The first-order valence-corrected chi connectivity index (χ1v) is 10.6. The predicted octanol–water partition coefficient (Wildman–Crippen LogP) is 5.02. The number of nitrogens with one attached hydrogen (secondary N) is 1. The number of nitro groups is 1. The molecule has 1 amide bonds. The molecule has 1 aromatic heterocycles. The van der Waals surface area contributed by atoms with Crippen LogP contribution in [-0.4, -0.2) is 31.3 Å². The molecular weight excluding hydrogens is 482 g/mol. The molecule has 0 saturated carbocycles. The van der Waals surface area contributed by atoms with Crippen LogP contribution < -0.4 is 5.32 Å². The van der Waals surface area contributed by atoms with E-state index in [4.69, 9.17) is 11.6 Å². The summed E-state index contributed by atoms with van der Waals surface area (Å²) in [5, 5.41) is 22.7. The number of nitrogens with zero attached hydrogens (tertiary/aromatic N) is 4. The highest BCUT2D eigenvalue weighted by molar-refractivity contribution is 9.10. The third kappa shape index (κ3) is 5.14. The van der Waals surface area contributed by atoms with Gasteiger partial charge in [-0.15, -0.1) is 10.2 Å². The Hall–Kier alpha value is -2.43. The van der Waals surface area contributed by atoms with E-state index >= 15 is 0 Å². The van der Waals surface area contributed by atoms with Gasteiger partial charge in [-0.2, -0.15) is 0 Å². The van der Waals surface area contributed by atoms with Crippen LogP contribution in [0.5, 0.6) is 0 Å². The second kappa shape index (κ2) is 9.38. The van der Waals surface area contributed by atoms with Crippen molar-refractivity contribution in [2.24, 2.45) is 0 Å². The lowest BCUT2D eigenvalue weighted by molar-refractivity contribution is -0.384. The summed E-state index contributed by atoms with van der Waals surface area (Å²) in [5.74, 6) is 0.480. The Kier molecular flexibility index (Phi) is 6.88. The van der Waals surface area contributed by atoms with E-state index < -0.39 is 4.92 Å². The summed E-state index contributed by atoms with van der Waals surface area (Å²) in [4.78, 5) is 22.6. The molecule has 0 unspecified atom stereocenters. The molecule has 3 aromatic rings. The van der Waals surface area contributed by atoms with Crippen LogP contribution in [0.15, 0.2) is 52.1 Å². The van der Waals surface area contributed by atoms with Crippen molar-refractivity contribution in [2.45, 2.75) is 18.6 Å². The number of amides is 1. The molecule has 150 valence electrons. The number of nitro benzene ring substituents is 1. The largest absolute Gasteiger partial charge is 0.325 e. The summed E-state index contributed by atoms with van der Waals surface area (Å²) in [7, 11) is 0. The number of rotatable bonds is 7. The van der Waals surface area contributed by atoms with E-state index in [1.807, 2.05) is 35.8 Å². The number of hydrogen-bond donors (Lipinski definition) is 1. The van der Waals surface area contributed by atoms with Crippen LogP contribution in [0.4, 0.5) is 11.4 Å². The van der Waals surface area contributed by atoms with Crippen LogP contribution in [0.1, 0.15) is 6.92 Å². The molecule has 1 N–H and O–H groups in total. The van der Waals surface area contributed by atoms with Gasteiger partial charge < -0.3 is 9.88 Å². The molecule has 0 aliphatic heterocycles. The Balaban J connectivity index is 1.68. The lowest BCUT2D eigenvalue weighted by Crippen LogP contribution is -2.14.